The molecule has 2 fully saturated rings. The molecule has 0 unspecified atom stereocenters. The lowest BCUT2D eigenvalue weighted by atomic mass is 9.89. The van der Waals surface area contributed by atoms with Gasteiger partial charge in [-0.05, 0) is 31.2 Å². The van der Waals surface area contributed by atoms with Gasteiger partial charge in [-0.25, -0.2) is 0 Å². The quantitative estimate of drug-likeness (QED) is 0.164. The van der Waals surface area contributed by atoms with Gasteiger partial charge < -0.3 is 64.6 Å². The van der Waals surface area contributed by atoms with Crippen molar-refractivity contribution in [2.75, 3.05) is 6.61 Å². The van der Waals surface area contributed by atoms with Crippen molar-refractivity contribution >= 4 is 11.0 Å². The molecule has 10 atom stereocenters. The van der Waals surface area contributed by atoms with Crippen LogP contribution in [0.25, 0.3) is 22.3 Å². The van der Waals surface area contributed by atoms with Crippen LogP contribution >= 0.6 is 0 Å². The van der Waals surface area contributed by atoms with E-state index in [1.54, 1.807) is 0 Å². The number of rotatable bonds is 5. The number of aromatic hydroxyl groups is 3. The Labute approximate surface area is 231 Å². The maximum absolute atomic E-state index is 13.3. The zero-order valence-corrected chi connectivity index (χ0v) is 21.5. The molecule has 0 amide bonds. The van der Waals surface area contributed by atoms with Gasteiger partial charge in [-0.3, -0.25) is 4.79 Å². The summed E-state index contributed by atoms with van der Waals surface area (Å²) >= 11 is 0. The SMILES string of the molecule is C[C@@H]1O[C@@H](O[C@H]2[C@H](O)[C@@H](O)[C@H](c3cc(O)cc4oc(-c5ccc(O)c(O)c5)cc(=O)c34)O[C@@H]2CO)[C@H](O)[C@H](O)[C@H]1O. The van der Waals surface area contributed by atoms with Crippen molar-refractivity contribution in [1.82, 2.24) is 0 Å². The molecule has 14 heteroatoms. The molecule has 3 aromatic rings. The van der Waals surface area contributed by atoms with Crippen LogP contribution in [0.2, 0.25) is 0 Å². The molecule has 0 spiro atoms. The molecule has 2 aliphatic heterocycles. The molecule has 5 rings (SSSR count). The average molecular weight is 579 g/mol. The summed E-state index contributed by atoms with van der Waals surface area (Å²) in [5.41, 5.74) is -0.584. The first kappa shape index (κ1) is 29.2. The minimum absolute atomic E-state index is 0.00577. The third-order valence-corrected chi connectivity index (χ3v) is 7.38. The molecule has 1 aromatic heterocycles. The molecule has 2 aliphatic rings. The van der Waals surface area contributed by atoms with Gasteiger partial charge in [-0.1, -0.05) is 0 Å². The molecule has 0 bridgehead atoms. The molecule has 0 radical (unpaired) electrons. The highest BCUT2D eigenvalue weighted by Crippen LogP contribution is 2.40. The Morgan fingerprint density at radius 1 is 0.829 bits per heavy atom. The summed E-state index contributed by atoms with van der Waals surface area (Å²) in [5, 5.41) is 92.1. The number of fused-ring (bicyclic) bond motifs is 1. The number of ether oxygens (including phenoxy) is 3. The summed E-state index contributed by atoms with van der Waals surface area (Å²) in [6, 6.07) is 7.14. The van der Waals surface area contributed by atoms with Crippen LogP contribution in [0.15, 0.2) is 45.6 Å². The Kier molecular flexibility index (Phi) is 7.95. The van der Waals surface area contributed by atoms with E-state index in [0.717, 1.165) is 18.2 Å². The Bertz CT molecular complexity index is 1470. The summed E-state index contributed by atoms with van der Waals surface area (Å²) < 4.78 is 22.7. The minimum atomic E-state index is -1.80. The van der Waals surface area contributed by atoms with Crippen LogP contribution in [-0.4, -0.2) is 108 Å². The van der Waals surface area contributed by atoms with Gasteiger partial charge in [0.25, 0.3) is 0 Å². The Hall–Kier alpha value is -3.31. The lowest BCUT2D eigenvalue weighted by Gasteiger charge is -2.46. The molecule has 9 N–H and O–H groups in total. The first-order chi connectivity index (χ1) is 19.4. The van der Waals surface area contributed by atoms with Gasteiger partial charge in [-0.15, -0.1) is 0 Å². The van der Waals surface area contributed by atoms with Crippen molar-refractivity contribution in [3.63, 3.8) is 0 Å². The highest BCUT2D eigenvalue weighted by atomic mass is 16.7. The van der Waals surface area contributed by atoms with Crippen molar-refractivity contribution in [1.29, 1.82) is 0 Å². The van der Waals surface area contributed by atoms with E-state index in [-0.39, 0.29) is 39.4 Å². The largest absolute Gasteiger partial charge is 0.508 e. The molecular weight excluding hydrogens is 548 g/mol. The Balaban J connectivity index is 1.48. The van der Waals surface area contributed by atoms with Crippen molar-refractivity contribution in [3.8, 4) is 28.6 Å². The molecule has 0 aliphatic carbocycles. The second-order valence-corrected chi connectivity index (χ2v) is 10.1. The van der Waals surface area contributed by atoms with Crippen molar-refractivity contribution < 1.29 is 64.6 Å². The van der Waals surface area contributed by atoms with Gasteiger partial charge in [0, 0.05) is 23.3 Å². The fraction of sp³-hybridized carbons (Fsp3) is 0.444. The average Bonchev–Trinajstić information content (AvgIpc) is 2.93. The van der Waals surface area contributed by atoms with Crippen LogP contribution in [-0.2, 0) is 14.2 Å². The smallest absolute Gasteiger partial charge is 0.193 e. The van der Waals surface area contributed by atoms with E-state index in [9.17, 15) is 50.8 Å². The summed E-state index contributed by atoms with van der Waals surface area (Å²) in [6.45, 7) is 0.668. The van der Waals surface area contributed by atoms with E-state index in [4.69, 9.17) is 18.6 Å². The van der Waals surface area contributed by atoms with Crippen LogP contribution < -0.4 is 5.43 Å². The predicted octanol–water partition coefficient (Wildman–Crippen LogP) is -1.06. The van der Waals surface area contributed by atoms with Gasteiger partial charge in [0.1, 0.15) is 65.9 Å². The number of hydrogen-bond donors (Lipinski definition) is 9. The van der Waals surface area contributed by atoms with E-state index in [2.05, 4.69) is 0 Å². The molecule has 14 nitrogen and oxygen atoms in total. The molecule has 3 heterocycles. The van der Waals surface area contributed by atoms with Crippen LogP contribution in [0.5, 0.6) is 17.2 Å². The summed E-state index contributed by atoms with van der Waals surface area (Å²) in [6.07, 6.45) is -15.2. The zero-order chi connectivity index (χ0) is 29.7. The van der Waals surface area contributed by atoms with Crippen molar-refractivity contribution in [2.45, 2.75) is 68.1 Å². The molecule has 2 aromatic carbocycles. The fourth-order valence-corrected chi connectivity index (χ4v) is 5.14. The molecule has 41 heavy (non-hydrogen) atoms. The number of phenolic OH excluding ortho intramolecular Hbond substituents is 3. The van der Waals surface area contributed by atoms with Crippen molar-refractivity contribution in [2.24, 2.45) is 0 Å². The number of aliphatic hydroxyl groups is 6. The van der Waals surface area contributed by atoms with Crippen LogP contribution in [0.1, 0.15) is 18.6 Å². The molecule has 2 saturated heterocycles. The van der Waals surface area contributed by atoms with E-state index >= 15 is 0 Å². The predicted molar refractivity (Wildman–Crippen MR) is 137 cm³/mol. The third-order valence-electron chi connectivity index (χ3n) is 7.38. The second kappa shape index (κ2) is 11.2. The summed E-state index contributed by atoms with van der Waals surface area (Å²) in [5.74, 6) is -1.22. The standard InChI is InChI=1S/C27H30O14/c1-9-20(33)21(34)24(37)27(38-9)41-26-18(8-28)40-25(22(35)23(26)36)12-5-11(29)6-17-19(12)15(32)7-16(39-17)10-2-3-13(30)14(31)4-10/h2-7,9,18,20-31,33-37H,8H2,1H3/t9-,18+,20-,21+,22+,23+,24+,25-,26+,27-/m0/s1. The summed E-state index contributed by atoms with van der Waals surface area (Å²) in [7, 11) is 0. The van der Waals surface area contributed by atoms with E-state index in [1.165, 1.54) is 25.1 Å². The van der Waals surface area contributed by atoms with Gasteiger partial charge in [0.2, 0.25) is 0 Å². The van der Waals surface area contributed by atoms with Gasteiger partial charge in [0.15, 0.2) is 23.2 Å². The maximum Gasteiger partial charge on any atom is 0.193 e. The zero-order valence-electron chi connectivity index (χ0n) is 21.5. The molecule has 222 valence electrons. The monoisotopic (exact) mass is 578 g/mol. The minimum Gasteiger partial charge on any atom is -0.508 e. The van der Waals surface area contributed by atoms with E-state index in [0.29, 0.717) is 0 Å². The first-order valence-corrected chi connectivity index (χ1v) is 12.7. The normalized spacial score (nSPS) is 34.1. The fourth-order valence-electron chi connectivity index (χ4n) is 5.14. The lowest BCUT2D eigenvalue weighted by Crippen LogP contribution is -2.62. The first-order valence-electron chi connectivity index (χ1n) is 12.7. The highest BCUT2D eigenvalue weighted by Gasteiger charge is 2.50. The van der Waals surface area contributed by atoms with Gasteiger partial charge in [0.05, 0.1) is 18.1 Å². The number of aliphatic hydroxyl groups excluding tert-OH is 6. The van der Waals surface area contributed by atoms with Gasteiger partial charge in [-0.2, -0.15) is 0 Å². The Morgan fingerprint density at radius 2 is 1.56 bits per heavy atom. The summed E-state index contributed by atoms with van der Waals surface area (Å²) in [4.78, 5) is 13.3. The Morgan fingerprint density at radius 3 is 2.24 bits per heavy atom. The lowest BCUT2D eigenvalue weighted by molar-refractivity contribution is -0.338. The van der Waals surface area contributed by atoms with Gasteiger partial charge >= 0.3 is 0 Å². The maximum atomic E-state index is 13.3. The van der Waals surface area contributed by atoms with Crippen LogP contribution in [0, 0.1) is 0 Å². The number of benzene rings is 2. The van der Waals surface area contributed by atoms with Crippen molar-refractivity contribution in [3.05, 3.63) is 52.2 Å². The molecular formula is C27H30O14. The van der Waals surface area contributed by atoms with E-state index in [1.807, 2.05) is 0 Å². The van der Waals surface area contributed by atoms with Crippen LogP contribution in [0.3, 0.4) is 0 Å². The number of phenols is 3. The topological polar surface area (TPSA) is 240 Å². The second-order valence-electron chi connectivity index (χ2n) is 10.1. The van der Waals surface area contributed by atoms with E-state index < -0.39 is 79.0 Å². The van der Waals surface area contributed by atoms with Crippen LogP contribution in [0.4, 0.5) is 0 Å². The number of hydrogen-bond acceptors (Lipinski definition) is 14. The third kappa shape index (κ3) is 5.25. The highest BCUT2D eigenvalue weighted by molar-refractivity contribution is 5.84. The molecule has 0 saturated carbocycles.